The zero-order valence-electron chi connectivity index (χ0n) is 11.5. The van der Waals surface area contributed by atoms with Crippen molar-refractivity contribution in [2.45, 2.75) is 13.0 Å². The first kappa shape index (κ1) is 16.5. The maximum atomic E-state index is 12.0. The summed E-state index contributed by atoms with van der Waals surface area (Å²) in [5.74, 6) is -0.241. The average Bonchev–Trinajstić information content (AvgIpc) is 2.45. The first-order chi connectivity index (χ1) is 9.16. The minimum atomic E-state index is -0.211. The second-order valence-electron chi connectivity index (χ2n) is 4.74. The highest BCUT2D eigenvalue weighted by Gasteiger charge is 2.20. The second kappa shape index (κ2) is 7.87. The number of carbonyl (C=O) groups is 2. The summed E-state index contributed by atoms with van der Waals surface area (Å²) in [6.45, 7) is 4.30. The van der Waals surface area contributed by atoms with Crippen LogP contribution in [-0.4, -0.2) is 48.9 Å². The SMILES string of the molecule is C[C@@H]1CN(C(=O)CNC(=O)c2ccccc2)CCN1.Cl. The van der Waals surface area contributed by atoms with Gasteiger partial charge in [-0.25, -0.2) is 0 Å². The van der Waals surface area contributed by atoms with Gasteiger partial charge in [0, 0.05) is 31.2 Å². The van der Waals surface area contributed by atoms with Crippen LogP contribution in [0.3, 0.4) is 0 Å². The molecule has 20 heavy (non-hydrogen) atoms. The van der Waals surface area contributed by atoms with Crippen molar-refractivity contribution in [3.05, 3.63) is 35.9 Å². The lowest BCUT2D eigenvalue weighted by Crippen LogP contribution is -2.53. The molecular weight excluding hydrogens is 278 g/mol. The van der Waals surface area contributed by atoms with E-state index in [-0.39, 0.29) is 30.8 Å². The molecule has 0 unspecified atom stereocenters. The third-order valence-corrected chi connectivity index (χ3v) is 3.16. The first-order valence-corrected chi connectivity index (χ1v) is 6.51. The highest BCUT2D eigenvalue weighted by molar-refractivity contribution is 5.96. The molecule has 2 N–H and O–H groups in total. The number of benzene rings is 1. The van der Waals surface area contributed by atoms with Crippen LogP contribution in [-0.2, 0) is 4.79 Å². The Bertz CT molecular complexity index is 453. The number of hydrogen-bond donors (Lipinski definition) is 2. The van der Waals surface area contributed by atoms with Gasteiger partial charge in [-0.15, -0.1) is 12.4 Å². The first-order valence-electron chi connectivity index (χ1n) is 6.51. The zero-order chi connectivity index (χ0) is 13.7. The van der Waals surface area contributed by atoms with E-state index in [1.54, 1.807) is 29.2 Å². The van der Waals surface area contributed by atoms with Crippen molar-refractivity contribution in [2.75, 3.05) is 26.2 Å². The summed E-state index contributed by atoms with van der Waals surface area (Å²) in [5, 5.41) is 5.94. The van der Waals surface area contributed by atoms with E-state index in [2.05, 4.69) is 10.6 Å². The Morgan fingerprint density at radius 3 is 2.70 bits per heavy atom. The molecule has 1 atom stereocenters. The summed E-state index contributed by atoms with van der Waals surface area (Å²) in [6, 6.07) is 9.22. The van der Waals surface area contributed by atoms with Gasteiger partial charge in [0.05, 0.1) is 6.54 Å². The van der Waals surface area contributed by atoms with Crippen LogP contribution in [0.1, 0.15) is 17.3 Å². The lowest BCUT2D eigenvalue weighted by atomic mass is 10.2. The number of nitrogens with one attached hydrogen (secondary N) is 2. The molecule has 6 heteroatoms. The molecule has 1 aromatic carbocycles. The van der Waals surface area contributed by atoms with E-state index in [9.17, 15) is 9.59 Å². The number of piperazine rings is 1. The van der Waals surface area contributed by atoms with Crippen molar-refractivity contribution in [1.29, 1.82) is 0 Å². The standard InChI is InChI=1S/C14H19N3O2.ClH/c1-11-10-17(8-7-15-11)13(18)9-16-14(19)12-5-3-2-4-6-12;/h2-6,11,15H,7-10H2,1H3,(H,16,19);1H/t11-;/m1./s1. The maximum Gasteiger partial charge on any atom is 0.251 e. The number of amides is 2. The van der Waals surface area contributed by atoms with Crippen molar-refractivity contribution in [1.82, 2.24) is 15.5 Å². The molecule has 1 fully saturated rings. The Kier molecular flexibility index (Phi) is 6.48. The molecule has 5 nitrogen and oxygen atoms in total. The van der Waals surface area contributed by atoms with Gasteiger partial charge in [0.15, 0.2) is 0 Å². The Morgan fingerprint density at radius 2 is 2.05 bits per heavy atom. The van der Waals surface area contributed by atoms with E-state index in [4.69, 9.17) is 0 Å². The zero-order valence-corrected chi connectivity index (χ0v) is 12.3. The predicted octanol–water partition coefficient (Wildman–Crippen LogP) is 0.658. The molecule has 2 amide bonds. The Hall–Kier alpha value is -1.59. The normalized spacial score (nSPS) is 18.1. The van der Waals surface area contributed by atoms with Crippen LogP contribution in [0.5, 0.6) is 0 Å². The van der Waals surface area contributed by atoms with Crippen molar-refractivity contribution in [2.24, 2.45) is 0 Å². The van der Waals surface area contributed by atoms with Gasteiger partial charge in [-0.3, -0.25) is 9.59 Å². The van der Waals surface area contributed by atoms with Gasteiger partial charge in [0.1, 0.15) is 0 Å². The van der Waals surface area contributed by atoms with Crippen LogP contribution in [0, 0.1) is 0 Å². The molecule has 0 aliphatic carbocycles. The third kappa shape index (κ3) is 4.51. The van der Waals surface area contributed by atoms with Gasteiger partial charge in [0.25, 0.3) is 5.91 Å². The minimum Gasteiger partial charge on any atom is -0.343 e. The molecule has 1 aromatic rings. The molecule has 0 spiro atoms. The number of rotatable bonds is 3. The summed E-state index contributed by atoms with van der Waals surface area (Å²) in [5.41, 5.74) is 0.573. The average molecular weight is 298 g/mol. The Balaban J connectivity index is 0.00000200. The fourth-order valence-electron chi connectivity index (χ4n) is 2.12. The fraction of sp³-hybridized carbons (Fsp3) is 0.429. The van der Waals surface area contributed by atoms with Gasteiger partial charge < -0.3 is 15.5 Å². The molecular formula is C14H20ClN3O2. The number of carbonyl (C=O) groups excluding carboxylic acids is 2. The molecule has 0 aromatic heterocycles. The van der Waals surface area contributed by atoms with Gasteiger partial charge in [-0.1, -0.05) is 18.2 Å². The molecule has 0 radical (unpaired) electrons. The van der Waals surface area contributed by atoms with Crippen molar-refractivity contribution >= 4 is 24.2 Å². The highest BCUT2D eigenvalue weighted by Crippen LogP contribution is 2.00. The smallest absolute Gasteiger partial charge is 0.251 e. The van der Waals surface area contributed by atoms with Gasteiger partial charge in [-0.05, 0) is 19.1 Å². The van der Waals surface area contributed by atoms with Crippen LogP contribution < -0.4 is 10.6 Å². The molecule has 1 saturated heterocycles. The maximum absolute atomic E-state index is 12.0. The van der Waals surface area contributed by atoms with Crippen molar-refractivity contribution < 1.29 is 9.59 Å². The Morgan fingerprint density at radius 1 is 1.35 bits per heavy atom. The number of halogens is 1. The highest BCUT2D eigenvalue weighted by atomic mass is 35.5. The summed E-state index contributed by atoms with van der Waals surface area (Å²) < 4.78 is 0. The monoisotopic (exact) mass is 297 g/mol. The molecule has 1 heterocycles. The topological polar surface area (TPSA) is 61.4 Å². The van der Waals surface area contributed by atoms with Crippen LogP contribution in [0.4, 0.5) is 0 Å². The molecule has 0 saturated carbocycles. The summed E-state index contributed by atoms with van der Waals surface area (Å²) >= 11 is 0. The third-order valence-electron chi connectivity index (χ3n) is 3.16. The second-order valence-corrected chi connectivity index (χ2v) is 4.74. The van der Waals surface area contributed by atoms with Crippen LogP contribution in [0.15, 0.2) is 30.3 Å². The number of nitrogens with zero attached hydrogens (tertiary/aromatic N) is 1. The number of hydrogen-bond acceptors (Lipinski definition) is 3. The van der Waals surface area contributed by atoms with Crippen LogP contribution >= 0.6 is 12.4 Å². The molecule has 1 aliphatic rings. The van der Waals surface area contributed by atoms with Crippen LogP contribution in [0.25, 0.3) is 0 Å². The van der Waals surface area contributed by atoms with Gasteiger partial charge in [0.2, 0.25) is 5.91 Å². The fourth-order valence-corrected chi connectivity index (χ4v) is 2.12. The van der Waals surface area contributed by atoms with E-state index in [0.29, 0.717) is 24.7 Å². The molecule has 0 bridgehead atoms. The van der Waals surface area contributed by atoms with E-state index < -0.39 is 0 Å². The van der Waals surface area contributed by atoms with Crippen molar-refractivity contribution in [3.63, 3.8) is 0 Å². The van der Waals surface area contributed by atoms with Crippen molar-refractivity contribution in [3.8, 4) is 0 Å². The van der Waals surface area contributed by atoms with E-state index in [0.717, 1.165) is 6.54 Å². The lowest BCUT2D eigenvalue weighted by molar-refractivity contribution is -0.131. The van der Waals surface area contributed by atoms with Crippen LogP contribution in [0.2, 0.25) is 0 Å². The van der Waals surface area contributed by atoms with Gasteiger partial charge >= 0.3 is 0 Å². The lowest BCUT2D eigenvalue weighted by Gasteiger charge is -2.31. The summed E-state index contributed by atoms with van der Waals surface area (Å²) in [7, 11) is 0. The van der Waals surface area contributed by atoms with E-state index >= 15 is 0 Å². The summed E-state index contributed by atoms with van der Waals surface area (Å²) in [6.07, 6.45) is 0. The minimum absolute atomic E-state index is 0. The van der Waals surface area contributed by atoms with Gasteiger partial charge in [-0.2, -0.15) is 0 Å². The molecule has 1 aliphatic heterocycles. The summed E-state index contributed by atoms with van der Waals surface area (Å²) in [4.78, 5) is 25.5. The molecule has 2 rings (SSSR count). The largest absolute Gasteiger partial charge is 0.343 e. The van der Waals surface area contributed by atoms with E-state index in [1.807, 2.05) is 13.0 Å². The molecule has 110 valence electrons. The predicted molar refractivity (Wildman–Crippen MR) is 80.1 cm³/mol. The van der Waals surface area contributed by atoms with E-state index in [1.165, 1.54) is 0 Å². The quantitative estimate of drug-likeness (QED) is 0.861. The Labute approximate surface area is 125 Å².